The van der Waals surface area contributed by atoms with Crippen molar-refractivity contribution in [2.45, 2.75) is 25.3 Å². The standard InChI is InChI=1S/C18H18ClN3O3S/c19-12-3-4-15(22(24)25)14(9-12)20-17(23)10-21-7-5-16-13(6-8-26-16)18(21)11-1-2-11/h3-4,6,8-9,11,18H,1-2,5,7,10H2,(H,20,23)/p+1/t18-/m0/s1. The molecule has 1 amide bonds. The fraction of sp³-hybridized carbons (Fsp3) is 0.389. The van der Waals surface area contributed by atoms with E-state index in [1.54, 1.807) is 11.3 Å². The highest BCUT2D eigenvalue weighted by molar-refractivity contribution is 7.10. The molecule has 2 atom stereocenters. The monoisotopic (exact) mass is 392 g/mol. The van der Waals surface area contributed by atoms with Gasteiger partial charge in [0.05, 0.1) is 11.5 Å². The van der Waals surface area contributed by atoms with Crippen LogP contribution < -0.4 is 10.2 Å². The van der Waals surface area contributed by atoms with E-state index >= 15 is 0 Å². The van der Waals surface area contributed by atoms with Gasteiger partial charge in [-0.3, -0.25) is 14.9 Å². The molecule has 0 radical (unpaired) electrons. The van der Waals surface area contributed by atoms with Gasteiger partial charge in [-0.25, -0.2) is 0 Å². The molecule has 8 heteroatoms. The summed E-state index contributed by atoms with van der Waals surface area (Å²) in [5.74, 6) is 0.432. The maximum Gasteiger partial charge on any atom is 0.292 e. The summed E-state index contributed by atoms with van der Waals surface area (Å²) >= 11 is 7.74. The first-order valence-electron chi connectivity index (χ1n) is 8.67. The van der Waals surface area contributed by atoms with Gasteiger partial charge in [-0.2, -0.15) is 0 Å². The maximum absolute atomic E-state index is 12.6. The van der Waals surface area contributed by atoms with E-state index in [0.717, 1.165) is 13.0 Å². The minimum atomic E-state index is -0.510. The number of carbonyl (C=O) groups is 1. The van der Waals surface area contributed by atoms with Crippen molar-refractivity contribution >= 4 is 40.2 Å². The van der Waals surface area contributed by atoms with Gasteiger partial charge in [0, 0.05) is 33.9 Å². The number of quaternary nitrogens is 1. The van der Waals surface area contributed by atoms with E-state index in [1.807, 2.05) is 0 Å². The van der Waals surface area contributed by atoms with E-state index in [1.165, 1.54) is 46.4 Å². The molecule has 1 unspecified atom stereocenters. The van der Waals surface area contributed by atoms with Crippen LogP contribution >= 0.6 is 22.9 Å². The molecule has 0 bridgehead atoms. The molecular formula is C18H19ClN3O3S+. The minimum absolute atomic E-state index is 0.143. The van der Waals surface area contributed by atoms with Crippen molar-refractivity contribution in [1.82, 2.24) is 0 Å². The quantitative estimate of drug-likeness (QED) is 0.606. The summed E-state index contributed by atoms with van der Waals surface area (Å²) in [5, 5.41) is 16.4. The normalized spacial score (nSPS) is 21.9. The molecule has 2 aliphatic rings. The maximum atomic E-state index is 12.6. The number of amides is 1. The van der Waals surface area contributed by atoms with Gasteiger partial charge in [0.25, 0.3) is 11.6 Å². The van der Waals surface area contributed by atoms with Gasteiger partial charge in [0.2, 0.25) is 0 Å². The minimum Gasteiger partial charge on any atom is -0.320 e. The van der Waals surface area contributed by atoms with E-state index < -0.39 is 4.92 Å². The van der Waals surface area contributed by atoms with Crippen molar-refractivity contribution in [3.05, 3.63) is 55.2 Å². The van der Waals surface area contributed by atoms with Crippen LogP contribution in [0.4, 0.5) is 11.4 Å². The molecular weight excluding hydrogens is 374 g/mol. The average molecular weight is 393 g/mol. The predicted molar refractivity (Wildman–Crippen MR) is 101 cm³/mol. The second-order valence-electron chi connectivity index (χ2n) is 6.92. The van der Waals surface area contributed by atoms with Gasteiger partial charge < -0.3 is 10.2 Å². The summed E-state index contributed by atoms with van der Waals surface area (Å²) in [7, 11) is 0. The van der Waals surface area contributed by atoms with Crippen molar-refractivity contribution in [2.75, 3.05) is 18.4 Å². The Labute approximate surface area is 159 Å². The highest BCUT2D eigenvalue weighted by Crippen LogP contribution is 2.42. The Morgan fingerprint density at radius 2 is 2.19 bits per heavy atom. The number of benzene rings is 1. The second-order valence-corrected chi connectivity index (χ2v) is 8.35. The van der Waals surface area contributed by atoms with Crippen LogP contribution in [0.15, 0.2) is 29.6 Å². The molecule has 1 aliphatic carbocycles. The number of hydrogen-bond acceptors (Lipinski definition) is 4. The van der Waals surface area contributed by atoms with Gasteiger partial charge in [0.1, 0.15) is 11.7 Å². The molecule has 136 valence electrons. The molecule has 1 aliphatic heterocycles. The lowest BCUT2D eigenvalue weighted by Crippen LogP contribution is -3.14. The average Bonchev–Trinajstić information content (AvgIpc) is 3.30. The van der Waals surface area contributed by atoms with Crippen LogP contribution in [0.1, 0.15) is 29.3 Å². The number of anilines is 1. The van der Waals surface area contributed by atoms with Gasteiger partial charge in [0.15, 0.2) is 6.54 Å². The topological polar surface area (TPSA) is 76.7 Å². The SMILES string of the molecule is O=C(C[NH+]1CCc2sccc2[C@@H]1C1CC1)Nc1cc(Cl)ccc1[N+](=O)[O-]. The number of halogens is 1. The number of rotatable bonds is 5. The fourth-order valence-corrected chi connectivity index (χ4v) is 4.97. The van der Waals surface area contributed by atoms with Crippen LogP contribution in [0.25, 0.3) is 0 Å². The Bertz CT molecular complexity index is 865. The van der Waals surface area contributed by atoms with Crippen LogP contribution in [-0.2, 0) is 11.2 Å². The number of thiophene rings is 1. The van der Waals surface area contributed by atoms with E-state index in [2.05, 4.69) is 16.8 Å². The highest BCUT2D eigenvalue weighted by atomic mass is 35.5. The molecule has 1 aromatic heterocycles. The zero-order valence-electron chi connectivity index (χ0n) is 14.0. The van der Waals surface area contributed by atoms with Gasteiger partial charge in [-0.05, 0) is 36.4 Å². The summed E-state index contributed by atoms with van der Waals surface area (Å²) in [6.07, 6.45) is 3.41. The molecule has 2 aromatic rings. The van der Waals surface area contributed by atoms with Gasteiger partial charge in [-0.1, -0.05) is 11.6 Å². The van der Waals surface area contributed by atoms with Crippen LogP contribution in [0.3, 0.4) is 0 Å². The molecule has 0 saturated heterocycles. The van der Waals surface area contributed by atoms with Crippen LogP contribution in [0.5, 0.6) is 0 Å². The summed E-state index contributed by atoms with van der Waals surface area (Å²) in [5.41, 5.74) is 1.40. The third kappa shape index (κ3) is 3.47. The molecule has 4 rings (SSSR count). The van der Waals surface area contributed by atoms with Gasteiger partial charge in [-0.15, -0.1) is 11.3 Å². The molecule has 2 N–H and O–H groups in total. The van der Waals surface area contributed by atoms with Crippen molar-refractivity contribution < 1.29 is 14.6 Å². The Morgan fingerprint density at radius 1 is 1.38 bits per heavy atom. The van der Waals surface area contributed by atoms with E-state index in [-0.39, 0.29) is 17.3 Å². The fourth-order valence-electron chi connectivity index (χ4n) is 3.86. The molecule has 2 heterocycles. The molecule has 26 heavy (non-hydrogen) atoms. The zero-order valence-corrected chi connectivity index (χ0v) is 15.6. The van der Waals surface area contributed by atoms with Crippen molar-refractivity contribution in [3.8, 4) is 0 Å². The van der Waals surface area contributed by atoms with Crippen molar-refractivity contribution in [3.63, 3.8) is 0 Å². The Kier molecular flexibility index (Phi) is 4.69. The highest BCUT2D eigenvalue weighted by Gasteiger charge is 2.43. The Hall–Kier alpha value is -1.96. The largest absolute Gasteiger partial charge is 0.320 e. The first-order valence-corrected chi connectivity index (χ1v) is 9.93. The zero-order chi connectivity index (χ0) is 18.3. The third-order valence-corrected chi connectivity index (χ3v) is 6.37. The van der Waals surface area contributed by atoms with Crippen LogP contribution in [0.2, 0.25) is 5.02 Å². The first kappa shape index (κ1) is 17.5. The summed E-state index contributed by atoms with van der Waals surface area (Å²) in [4.78, 5) is 26.0. The number of hydrogen-bond donors (Lipinski definition) is 2. The molecule has 0 spiro atoms. The summed E-state index contributed by atoms with van der Waals surface area (Å²) < 4.78 is 0. The Balaban J connectivity index is 1.50. The lowest BCUT2D eigenvalue weighted by Gasteiger charge is -2.32. The molecule has 1 aromatic carbocycles. The van der Waals surface area contributed by atoms with Crippen molar-refractivity contribution in [2.24, 2.45) is 5.92 Å². The van der Waals surface area contributed by atoms with E-state index in [4.69, 9.17) is 11.6 Å². The third-order valence-electron chi connectivity index (χ3n) is 5.14. The lowest BCUT2D eigenvalue weighted by atomic mass is 9.96. The summed E-state index contributed by atoms with van der Waals surface area (Å²) in [6.45, 7) is 1.22. The number of nitrogens with zero attached hydrogens (tertiary/aromatic N) is 1. The molecule has 6 nitrogen and oxygen atoms in total. The van der Waals surface area contributed by atoms with E-state index in [9.17, 15) is 14.9 Å². The summed E-state index contributed by atoms with van der Waals surface area (Å²) in [6, 6.07) is 6.76. The number of nitro groups is 1. The van der Waals surface area contributed by atoms with Crippen LogP contribution in [-0.4, -0.2) is 23.9 Å². The molecule has 1 saturated carbocycles. The predicted octanol–water partition coefficient (Wildman–Crippen LogP) is 2.84. The number of fused-ring (bicyclic) bond motifs is 1. The van der Waals surface area contributed by atoms with E-state index in [0.29, 0.717) is 23.5 Å². The van der Waals surface area contributed by atoms with Crippen LogP contribution in [0, 0.1) is 16.0 Å². The lowest BCUT2D eigenvalue weighted by molar-refractivity contribution is -0.928. The second kappa shape index (κ2) is 6.98. The number of carbonyl (C=O) groups excluding carboxylic acids is 1. The van der Waals surface area contributed by atoms with Gasteiger partial charge >= 0.3 is 0 Å². The number of nitro benzene ring substituents is 1. The van der Waals surface area contributed by atoms with Crippen molar-refractivity contribution in [1.29, 1.82) is 0 Å². The molecule has 1 fully saturated rings. The first-order chi connectivity index (χ1) is 12.5. The number of nitrogens with one attached hydrogen (secondary N) is 2. The smallest absolute Gasteiger partial charge is 0.292 e. The Morgan fingerprint density at radius 3 is 2.92 bits per heavy atom.